The summed E-state index contributed by atoms with van der Waals surface area (Å²) in [6, 6.07) is 1.82. The third kappa shape index (κ3) is 5.02. The number of carbonyl (C=O) groups excluding carboxylic acids is 1. The summed E-state index contributed by atoms with van der Waals surface area (Å²) < 4.78 is 12.0. The molecule has 6 heteroatoms. The molecule has 1 aromatic heterocycles. The van der Waals surface area contributed by atoms with E-state index in [1.807, 2.05) is 32.9 Å². The SMILES string of the molecule is CC(C)(C)OC(=O)N1CC=C(COc2ccncc2Br)CC1. The van der Waals surface area contributed by atoms with Crippen LogP contribution >= 0.6 is 15.9 Å². The predicted octanol–water partition coefficient (Wildman–Crippen LogP) is 3.79. The number of rotatable bonds is 3. The van der Waals surface area contributed by atoms with Crippen LogP contribution < -0.4 is 4.74 Å². The van der Waals surface area contributed by atoms with Crippen molar-refractivity contribution < 1.29 is 14.3 Å². The van der Waals surface area contributed by atoms with E-state index in [1.54, 1.807) is 17.3 Å². The molecule has 1 aromatic rings. The Hall–Kier alpha value is -1.56. The Labute approximate surface area is 139 Å². The van der Waals surface area contributed by atoms with Crippen LogP contribution in [0, 0.1) is 0 Å². The Bertz CT molecular complexity index is 567. The van der Waals surface area contributed by atoms with Crippen LogP contribution in [0.5, 0.6) is 5.75 Å². The van der Waals surface area contributed by atoms with Crippen LogP contribution in [0.2, 0.25) is 0 Å². The van der Waals surface area contributed by atoms with Gasteiger partial charge in [0, 0.05) is 25.5 Å². The lowest BCUT2D eigenvalue weighted by Gasteiger charge is -2.29. The van der Waals surface area contributed by atoms with E-state index in [9.17, 15) is 4.79 Å². The van der Waals surface area contributed by atoms with Crippen LogP contribution in [0.3, 0.4) is 0 Å². The molecule has 120 valence electrons. The molecule has 0 bridgehead atoms. The van der Waals surface area contributed by atoms with Gasteiger partial charge in [0.2, 0.25) is 0 Å². The van der Waals surface area contributed by atoms with Crippen LogP contribution in [0.15, 0.2) is 34.6 Å². The molecular formula is C16H21BrN2O3. The number of carbonyl (C=O) groups is 1. The van der Waals surface area contributed by atoms with E-state index in [-0.39, 0.29) is 6.09 Å². The fourth-order valence-electron chi connectivity index (χ4n) is 1.98. The van der Waals surface area contributed by atoms with E-state index >= 15 is 0 Å². The standard InChI is InChI=1S/C16H21BrN2O3/c1-16(2,3)22-15(20)19-8-5-12(6-9-19)11-21-14-4-7-18-10-13(14)17/h4-5,7,10H,6,8-9,11H2,1-3H3. The number of halogens is 1. The van der Waals surface area contributed by atoms with Crippen molar-refractivity contribution in [1.29, 1.82) is 0 Å². The van der Waals surface area contributed by atoms with Gasteiger partial charge in [0.15, 0.2) is 0 Å². The maximum Gasteiger partial charge on any atom is 0.410 e. The number of nitrogens with zero attached hydrogens (tertiary/aromatic N) is 2. The molecule has 2 heterocycles. The Morgan fingerprint density at radius 1 is 1.45 bits per heavy atom. The highest BCUT2D eigenvalue weighted by molar-refractivity contribution is 9.10. The fourth-order valence-corrected chi connectivity index (χ4v) is 2.35. The van der Waals surface area contributed by atoms with E-state index < -0.39 is 5.60 Å². The highest BCUT2D eigenvalue weighted by atomic mass is 79.9. The van der Waals surface area contributed by atoms with E-state index in [1.165, 1.54) is 5.57 Å². The first-order chi connectivity index (χ1) is 10.3. The van der Waals surface area contributed by atoms with Gasteiger partial charge < -0.3 is 14.4 Å². The molecule has 0 atom stereocenters. The molecule has 0 radical (unpaired) electrons. The first-order valence-corrected chi connectivity index (χ1v) is 8.02. The second-order valence-corrected chi connectivity index (χ2v) is 6.99. The van der Waals surface area contributed by atoms with Crippen molar-refractivity contribution in [1.82, 2.24) is 9.88 Å². The maximum absolute atomic E-state index is 12.0. The molecule has 5 nitrogen and oxygen atoms in total. The van der Waals surface area contributed by atoms with Crippen LogP contribution in [0.1, 0.15) is 27.2 Å². The van der Waals surface area contributed by atoms with Gasteiger partial charge in [-0.15, -0.1) is 0 Å². The largest absolute Gasteiger partial charge is 0.488 e. The Morgan fingerprint density at radius 2 is 2.23 bits per heavy atom. The minimum Gasteiger partial charge on any atom is -0.488 e. The van der Waals surface area contributed by atoms with Gasteiger partial charge in [-0.2, -0.15) is 0 Å². The zero-order valence-corrected chi connectivity index (χ0v) is 14.7. The number of ether oxygens (including phenoxy) is 2. The van der Waals surface area contributed by atoms with Crippen molar-refractivity contribution in [2.75, 3.05) is 19.7 Å². The highest BCUT2D eigenvalue weighted by Gasteiger charge is 2.23. The van der Waals surface area contributed by atoms with Crippen molar-refractivity contribution in [2.24, 2.45) is 0 Å². The average Bonchev–Trinajstić information content (AvgIpc) is 2.45. The third-order valence-electron chi connectivity index (χ3n) is 3.10. The van der Waals surface area contributed by atoms with E-state index in [0.29, 0.717) is 19.7 Å². The van der Waals surface area contributed by atoms with Crippen LogP contribution in [0.25, 0.3) is 0 Å². The maximum atomic E-state index is 12.0. The van der Waals surface area contributed by atoms with Crippen molar-refractivity contribution in [3.05, 3.63) is 34.6 Å². The van der Waals surface area contributed by atoms with Gasteiger partial charge in [-0.3, -0.25) is 4.98 Å². The molecule has 1 aliphatic heterocycles. The van der Waals surface area contributed by atoms with Crippen LogP contribution in [0.4, 0.5) is 4.79 Å². The second-order valence-electron chi connectivity index (χ2n) is 6.13. The monoisotopic (exact) mass is 368 g/mol. The quantitative estimate of drug-likeness (QED) is 0.761. The smallest absolute Gasteiger partial charge is 0.410 e. The summed E-state index contributed by atoms with van der Waals surface area (Å²) in [7, 11) is 0. The van der Waals surface area contributed by atoms with Gasteiger partial charge >= 0.3 is 6.09 Å². The Balaban J connectivity index is 1.84. The van der Waals surface area contributed by atoms with Crippen molar-refractivity contribution in [3.63, 3.8) is 0 Å². The summed E-state index contributed by atoms with van der Waals surface area (Å²) in [6.45, 7) is 7.35. The molecule has 0 N–H and O–H groups in total. The molecule has 0 unspecified atom stereocenters. The zero-order valence-electron chi connectivity index (χ0n) is 13.1. The summed E-state index contributed by atoms with van der Waals surface area (Å²) in [6.07, 6.45) is 5.96. The number of hydrogen-bond donors (Lipinski definition) is 0. The van der Waals surface area contributed by atoms with Gasteiger partial charge in [-0.25, -0.2) is 4.79 Å². The van der Waals surface area contributed by atoms with Gasteiger partial charge in [-0.1, -0.05) is 6.08 Å². The summed E-state index contributed by atoms with van der Waals surface area (Å²) in [5.74, 6) is 0.769. The molecule has 0 fully saturated rings. The molecule has 2 rings (SSSR count). The van der Waals surface area contributed by atoms with Crippen LogP contribution in [-0.4, -0.2) is 41.3 Å². The lowest BCUT2D eigenvalue weighted by Crippen LogP contribution is -2.39. The summed E-state index contributed by atoms with van der Waals surface area (Å²) in [5, 5.41) is 0. The summed E-state index contributed by atoms with van der Waals surface area (Å²) in [5.41, 5.74) is 0.723. The molecular weight excluding hydrogens is 348 g/mol. The summed E-state index contributed by atoms with van der Waals surface area (Å²) >= 11 is 3.40. The van der Waals surface area contributed by atoms with Gasteiger partial charge in [0.1, 0.15) is 18.0 Å². The molecule has 22 heavy (non-hydrogen) atoms. The number of hydrogen-bond acceptors (Lipinski definition) is 4. The minimum absolute atomic E-state index is 0.263. The zero-order chi connectivity index (χ0) is 16.2. The fraction of sp³-hybridized carbons (Fsp3) is 0.500. The summed E-state index contributed by atoms with van der Waals surface area (Å²) in [4.78, 5) is 17.7. The van der Waals surface area contributed by atoms with E-state index in [2.05, 4.69) is 20.9 Å². The number of aromatic nitrogens is 1. The lowest BCUT2D eigenvalue weighted by molar-refractivity contribution is 0.0264. The van der Waals surface area contributed by atoms with Crippen molar-refractivity contribution >= 4 is 22.0 Å². The number of amides is 1. The van der Waals surface area contributed by atoms with Gasteiger partial charge in [0.05, 0.1) is 4.47 Å². The molecule has 0 aliphatic carbocycles. The first kappa shape index (κ1) is 16.8. The van der Waals surface area contributed by atoms with E-state index in [0.717, 1.165) is 16.6 Å². The van der Waals surface area contributed by atoms with Crippen molar-refractivity contribution in [3.8, 4) is 5.75 Å². The van der Waals surface area contributed by atoms with Crippen molar-refractivity contribution in [2.45, 2.75) is 32.8 Å². The Morgan fingerprint density at radius 3 is 2.82 bits per heavy atom. The molecule has 0 spiro atoms. The molecule has 0 saturated heterocycles. The number of pyridine rings is 1. The average molecular weight is 369 g/mol. The predicted molar refractivity (Wildman–Crippen MR) is 87.9 cm³/mol. The lowest BCUT2D eigenvalue weighted by atomic mass is 10.1. The topological polar surface area (TPSA) is 51.7 Å². The molecule has 0 aromatic carbocycles. The van der Waals surface area contributed by atoms with Gasteiger partial charge in [-0.05, 0) is 54.8 Å². The van der Waals surface area contributed by atoms with Crippen LogP contribution in [-0.2, 0) is 4.74 Å². The minimum atomic E-state index is -0.461. The molecule has 0 saturated carbocycles. The van der Waals surface area contributed by atoms with E-state index in [4.69, 9.17) is 9.47 Å². The third-order valence-corrected chi connectivity index (χ3v) is 3.70. The second kappa shape index (κ2) is 7.13. The first-order valence-electron chi connectivity index (χ1n) is 7.23. The molecule has 1 aliphatic rings. The highest BCUT2D eigenvalue weighted by Crippen LogP contribution is 2.24. The molecule has 1 amide bonds. The Kier molecular flexibility index (Phi) is 5.45. The van der Waals surface area contributed by atoms with Gasteiger partial charge in [0.25, 0.3) is 0 Å². The normalized spacial score (nSPS) is 15.3.